The molecule has 2 rings (SSSR count). The van der Waals surface area contributed by atoms with Gasteiger partial charge in [-0.05, 0) is 30.9 Å². The van der Waals surface area contributed by atoms with Crippen molar-refractivity contribution < 1.29 is 19.4 Å². The van der Waals surface area contributed by atoms with Crippen molar-refractivity contribution in [3.8, 4) is 5.75 Å². The fourth-order valence-corrected chi connectivity index (χ4v) is 2.72. The minimum atomic E-state index is -1.05. The summed E-state index contributed by atoms with van der Waals surface area (Å²) in [7, 11) is 1.41. The SMILES string of the molecule is COc1cc(NC(=O)C2CCCC2C)ccc1C(=O)O. The Bertz CT molecular complexity index is 527. The molecular weight excluding hydrogens is 258 g/mol. The summed E-state index contributed by atoms with van der Waals surface area (Å²) in [6.07, 6.45) is 3.08. The van der Waals surface area contributed by atoms with Crippen LogP contribution in [-0.4, -0.2) is 24.1 Å². The molecule has 0 aromatic heterocycles. The highest BCUT2D eigenvalue weighted by molar-refractivity contribution is 5.95. The fraction of sp³-hybridized carbons (Fsp3) is 0.467. The Morgan fingerprint density at radius 1 is 1.35 bits per heavy atom. The van der Waals surface area contributed by atoms with Gasteiger partial charge in [-0.1, -0.05) is 13.3 Å². The van der Waals surface area contributed by atoms with Crippen molar-refractivity contribution in [2.24, 2.45) is 11.8 Å². The van der Waals surface area contributed by atoms with Crippen LogP contribution >= 0.6 is 0 Å². The van der Waals surface area contributed by atoms with Crippen molar-refractivity contribution in [1.29, 1.82) is 0 Å². The summed E-state index contributed by atoms with van der Waals surface area (Å²) in [6.45, 7) is 2.09. The first kappa shape index (κ1) is 14.4. The standard InChI is InChI=1S/C15H19NO4/c1-9-4-3-5-11(9)14(17)16-10-6-7-12(15(18)19)13(8-10)20-2/h6-9,11H,3-5H2,1-2H3,(H,16,17)(H,18,19). The topological polar surface area (TPSA) is 75.6 Å². The summed E-state index contributed by atoms with van der Waals surface area (Å²) >= 11 is 0. The van der Waals surface area contributed by atoms with Gasteiger partial charge in [-0.2, -0.15) is 0 Å². The summed E-state index contributed by atoms with van der Waals surface area (Å²) in [6, 6.07) is 4.57. The minimum absolute atomic E-state index is 0.000119. The third-order valence-corrected chi connectivity index (χ3v) is 3.90. The first-order chi connectivity index (χ1) is 9.52. The van der Waals surface area contributed by atoms with E-state index in [4.69, 9.17) is 9.84 Å². The zero-order valence-electron chi connectivity index (χ0n) is 11.7. The highest BCUT2D eigenvalue weighted by Gasteiger charge is 2.29. The second-order valence-electron chi connectivity index (χ2n) is 5.22. The number of benzene rings is 1. The third kappa shape index (κ3) is 2.92. The van der Waals surface area contributed by atoms with E-state index in [-0.39, 0.29) is 23.1 Å². The lowest BCUT2D eigenvalue weighted by atomic mass is 9.97. The molecular formula is C15H19NO4. The monoisotopic (exact) mass is 277 g/mol. The van der Waals surface area contributed by atoms with Gasteiger partial charge in [0, 0.05) is 17.7 Å². The van der Waals surface area contributed by atoms with E-state index in [0.29, 0.717) is 11.6 Å². The molecule has 2 N–H and O–H groups in total. The Balaban J connectivity index is 2.13. The molecule has 0 heterocycles. The molecule has 2 unspecified atom stereocenters. The molecule has 1 fully saturated rings. The maximum atomic E-state index is 12.2. The van der Waals surface area contributed by atoms with Gasteiger partial charge in [-0.3, -0.25) is 4.79 Å². The van der Waals surface area contributed by atoms with E-state index in [1.807, 2.05) is 0 Å². The average molecular weight is 277 g/mol. The molecule has 108 valence electrons. The molecule has 0 aliphatic heterocycles. The van der Waals surface area contributed by atoms with Crippen molar-refractivity contribution >= 4 is 17.6 Å². The van der Waals surface area contributed by atoms with Gasteiger partial charge < -0.3 is 15.2 Å². The van der Waals surface area contributed by atoms with Gasteiger partial charge in [-0.25, -0.2) is 4.79 Å². The minimum Gasteiger partial charge on any atom is -0.496 e. The molecule has 1 amide bonds. The van der Waals surface area contributed by atoms with Gasteiger partial charge in [0.1, 0.15) is 11.3 Å². The second kappa shape index (κ2) is 5.94. The molecule has 0 spiro atoms. The molecule has 0 radical (unpaired) electrons. The van der Waals surface area contributed by atoms with E-state index in [1.54, 1.807) is 12.1 Å². The maximum Gasteiger partial charge on any atom is 0.339 e. The normalized spacial score (nSPS) is 21.5. The first-order valence-corrected chi connectivity index (χ1v) is 6.75. The molecule has 5 nitrogen and oxygen atoms in total. The van der Waals surface area contributed by atoms with E-state index in [2.05, 4.69) is 12.2 Å². The lowest BCUT2D eigenvalue weighted by Crippen LogP contribution is -2.24. The Labute approximate surface area is 117 Å². The Morgan fingerprint density at radius 2 is 2.10 bits per heavy atom. The van der Waals surface area contributed by atoms with Crippen LogP contribution in [0, 0.1) is 11.8 Å². The van der Waals surface area contributed by atoms with Crippen LogP contribution in [0.5, 0.6) is 5.75 Å². The van der Waals surface area contributed by atoms with Crippen molar-refractivity contribution in [3.05, 3.63) is 23.8 Å². The molecule has 20 heavy (non-hydrogen) atoms. The van der Waals surface area contributed by atoms with E-state index >= 15 is 0 Å². The highest BCUT2D eigenvalue weighted by Crippen LogP contribution is 2.32. The van der Waals surface area contributed by atoms with Crippen LogP contribution in [0.4, 0.5) is 5.69 Å². The molecule has 1 aromatic rings. The molecule has 1 aliphatic rings. The molecule has 5 heteroatoms. The molecule has 1 aliphatic carbocycles. The number of anilines is 1. The number of amides is 1. The number of carboxylic acid groups (broad SMARTS) is 1. The van der Waals surface area contributed by atoms with Crippen LogP contribution < -0.4 is 10.1 Å². The number of aromatic carboxylic acids is 1. The van der Waals surface area contributed by atoms with Gasteiger partial charge in [0.05, 0.1) is 7.11 Å². The number of hydrogen-bond donors (Lipinski definition) is 2. The zero-order chi connectivity index (χ0) is 14.7. The Kier molecular flexibility index (Phi) is 4.27. The number of carbonyl (C=O) groups is 2. The number of carboxylic acids is 1. The van der Waals surface area contributed by atoms with Crippen molar-refractivity contribution in [2.75, 3.05) is 12.4 Å². The van der Waals surface area contributed by atoms with Gasteiger partial charge in [-0.15, -0.1) is 0 Å². The lowest BCUT2D eigenvalue weighted by Gasteiger charge is -2.16. The molecule has 2 atom stereocenters. The smallest absolute Gasteiger partial charge is 0.339 e. The Hall–Kier alpha value is -2.04. The number of hydrogen-bond acceptors (Lipinski definition) is 3. The van der Waals surface area contributed by atoms with Gasteiger partial charge in [0.2, 0.25) is 5.91 Å². The number of methoxy groups -OCH3 is 1. The largest absolute Gasteiger partial charge is 0.496 e. The zero-order valence-corrected chi connectivity index (χ0v) is 11.7. The van der Waals surface area contributed by atoms with Crippen molar-refractivity contribution in [1.82, 2.24) is 0 Å². The van der Waals surface area contributed by atoms with Crippen molar-refractivity contribution in [2.45, 2.75) is 26.2 Å². The summed E-state index contributed by atoms with van der Waals surface area (Å²) in [4.78, 5) is 23.2. The molecule has 0 saturated heterocycles. The van der Waals surface area contributed by atoms with E-state index < -0.39 is 5.97 Å². The van der Waals surface area contributed by atoms with E-state index in [1.165, 1.54) is 13.2 Å². The second-order valence-corrected chi connectivity index (χ2v) is 5.22. The van der Waals surface area contributed by atoms with Crippen LogP contribution in [-0.2, 0) is 4.79 Å². The van der Waals surface area contributed by atoms with Crippen LogP contribution in [0.25, 0.3) is 0 Å². The number of nitrogens with one attached hydrogen (secondary N) is 1. The van der Waals surface area contributed by atoms with Gasteiger partial charge in [0.15, 0.2) is 0 Å². The number of ether oxygens (including phenoxy) is 1. The fourth-order valence-electron chi connectivity index (χ4n) is 2.72. The first-order valence-electron chi connectivity index (χ1n) is 6.75. The van der Waals surface area contributed by atoms with Crippen LogP contribution in [0.15, 0.2) is 18.2 Å². The summed E-state index contributed by atoms with van der Waals surface area (Å²) < 4.78 is 5.04. The summed E-state index contributed by atoms with van der Waals surface area (Å²) in [5, 5.41) is 11.9. The quantitative estimate of drug-likeness (QED) is 0.887. The summed E-state index contributed by atoms with van der Waals surface area (Å²) in [5.74, 6) is -0.366. The van der Waals surface area contributed by atoms with E-state index in [9.17, 15) is 9.59 Å². The van der Waals surface area contributed by atoms with Gasteiger partial charge >= 0.3 is 5.97 Å². The third-order valence-electron chi connectivity index (χ3n) is 3.90. The number of carbonyl (C=O) groups excluding carboxylic acids is 1. The van der Waals surface area contributed by atoms with Crippen LogP contribution in [0.2, 0.25) is 0 Å². The predicted molar refractivity (Wildman–Crippen MR) is 75.1 cm³/mol. The average Bonchev–Trinajstić information content (AvgIpc) is 2.84. The lowest BCUT2D eigenvalue weighted by molar-refractivity contribution is -0.120. The molecule has 1 aromatic carbocycles. The maximum absolute atomic E-state index is 12.2. The molecule has 1 saturated carbocycles. The predicted octanol–water partition coefficient (Wildman–Crippen LogP) is 2.77. The molecule has 0 bridgehead atoms. The van der Waals surface area contributed by atoms with Crippen molar-refractivity contribution in [3.63, 3.8) is 0 Å². The van der Waals surface area contributed by atoms with Gasteiger partial charge in [0.25, 0.3) is 0 Å². The van der Waals surface area contributed by atoms with E-state index in [0.717, 1.165) is 19.3 Å². The van der Waals surface area contributed by atoms with Crippen LogP contribution in [0.3, 0.4) is 0 Å². The highest BCUT2D eigenvalue weighted by atomic mass is 16.5. The van der Waals surface area contributed by atoms with Crippen LogP contribution in [0.1, 0.15) is 36.5 Å². The summed E-state index contributed by atoms with van der Waals surface area (Å²) in [5.41, 5.74) is 0.649. The number of rotatable bonds is 4. The Morgan fingerprint density at radius 3 is 2.65 bits per heavy atom.